The molecule has 1 amide bonds. The van der Waals surface area contributed by atoms with Crippen molar-refractivity contribution >= 4 is 18.3 Å². The molecule has 3 rings (SSSR count). The van der Waals surface area contributed by atoms with Crippen LogP contribution in [0.5, 0.6) is 0 Å². The predicted octanol–water partition coefficient (Wildman–Crippen LogP) is 0.620. The molecule has 0 aromatic heterocycles. The van der Waals surface area contributed by atoms with Gasteiger partial charge in [-0.2, -0.15) is 0 Å². The Hall–Kier alpha value is -0.320. The van der Waals surface area contributed by atoms with E-state index in [1.165, 1.54) is 45.4 Å². The molecule has 3 saturated heterocycles. The zero-order chi connectivity index (χ0) is 11.7. The van der Waals surface area contributed by atoms with Crippen LogP contribution in [-0.2, 0) is 4.79 Å². The molecule has 4 nitrogen and oxygen atoms in total. The fraction of sp³-hybridized carbons (Fsp3) is 0.923. The molecule has 3 fully saturated rings. The van der Waals surface area contributed by atoms with E-state index in [4.69, 9.17) is 0 Å². The molecule has 3 heterocycles. The van der Waals surface area contributed by atoms with Gasteiger partial charge in [0.25, 0.3) is 0 Å². The molecule has 0 saturated carbocycles. The van der Waals surface area contributed by atoms with Crippen molar-refractivity contribution in [2.75, 3.05) is 39.3 Å². The highest BCUT2D eigenvalue weighted by molar-refractivity contribution is 5.85. The molecule has 0 bridgehead atoms. The smallest absolute Gasteiger partial charge is 0.220 e. The molecule has 1 atom stereocenters. The fourth-order valence-corrected chi connectivity index (χ4v) is 3.65. The summed E-state index contributed by atoms with van der Waals surface area (Å²) in [5.74, 6) is 1.13. The third-order valence-electron chi connectivity index (χ3n) is 4.69. The second-order valence-electron chi connectivity index (χ2n) is 6.13. The van der Waals surface area contributed by atoms with Gasteiger partial charge >= 0.3 is 0 Å². The van der Waals surface area contributed by atoms with Crippen LogP contribution in [0.3, 0.4) is 0 Å². The number of hydrogen-bond donors (Lipinski definition) is 2. The largest absolute Gasteiger partial charge is 0.355 e. The van der Waals surface area contributed by atoms with Crippen molar-refractivity contribution in [1.82, 2.24) is 15.5 Å². The Labute approximate surface area is 115 Å². The number of carbonyl (C=O) groups is 1. The van der Waals surface area contributed by atoms with E-state index in [0.717, 1.165) is 25.4 Å². The first-order valence-electron chi connectivity index (χ1n) is 6.96. The SMILES string of the molecule is Cl.O=C1CC2(CCN(CC3CCNCC3)C2)CN1. The molecule has 104 valence electrons. The second-order valence-corrected chi connectivity index (χ2v) is 6.13. The van der Waals surface area contributed by atoms with Crippen LogP contribution >= 0.6 is 12.4 Å². The minimum Gasteiger partial charge on any atom is -0.355 e. The topological polar surface area (TPSA) is 44.4 Å². The molecular weight excluding hydrogens is 250 g/mol. The van der Waals surface area contributed by atoms with E-state index in [9.17, 15) is 4.79 Å². The summed E-state index contributed by atoms with van der Waals surface area (Å²) < 4.78 is 0. The molecule has 1 spiro atoms. The van der Waals surface area contributed by atoms with Crippen LogP contribution in [0.15, 0.2) is 0 Å². The lowest BCUT2D eigenvalue weighted by atomic mass is 9.86. The van der Waals surface area contributed by atoms with Crippen molar-refractivity contribution in [1.29, 1.82) is 0 Å². The van der Waals surface area contributed by atoms with Crippen LogP contribution in [0, 0.1) is 11.3 Å². The van der Waals surface area contributed by atoms with E-state index in [1.54, 1.807) is 0 Å². The third kappa shape index (κ3) is 2.98. The Kier molecular flexibility index (Phi) is 4.51. The quantitative estimate of drug-likeness (QED) is 0.775. The minimum absolute atomic E-state index is 0. The maximum atomic E-state index is 11.4. The lowest BCUT2D eigenvalue weighted by molar-refractivity contribution is -0.119. The number of carbonyl (C=O) groups excluding carboxylic acids is 1. The number of piperidine rings is 1. The lowest BCUT2D eigenvalue weighted by Crippen LogP contribution is -2.36. The van der Waals surface area contributed by atoms with Gasteiger partial charge in [-0.05, 0) is 44.8 Å². The standard InChI is InChI=1S/C13H23N3O.ClH/c17-12-7-13(9-15-12)3-6-16(10-13)8-11-1-4-14-5-2-11;/h11,14H,1-10H2,(H,15,17);1H. The second kappa shape index (κ2) is 5.76. The Morgan fingerprint density at radius 1 is 1.33 bits per heavy atom. The fourth-order valence-electron chi connectivity index (χ4n) is 3.65. The highest BCUT2D eigenvalue weighted by Gasteiger charge is 2.43. The van der Waals surface area contributed by atoms with E-state index in [-0.39, 0.29) is 23.7 Å². The first kappa shape index (κ1) is 14.1. The van der Waals surface area contributed by atoms with Gasteiger partial charge in [-0.1, -0.05) is 0 Å². The monoisotopic (exact) mass is 273 g/mol. The van der Waals surface area contributed by atoms with Crippen LogP contribution in [-0.4, -0.2) is 50.1 Å². The molecule has 0 aromatic carbocycles. The number of hydrogen-bond acceptors (Lipinski definition) is 3. The number of rotatable bonds is 2. The van der Waals surface area contributed by atoms with Crippen molar-refractivity contribution in [3.63, 3.8) is 0 Å². The summed E-state index contributed by atoms with van der Waals surface area (Å²) in [7, 11) is 0. The maximum absolute atomic E-state index is 11.4. The highest BCUT2D eigenvalue weighted by Crippen LogP contribution is 2.37. The molecule has 0 aliphatic carbocycles. The summed E-state index contributed by atoms with van der Waals surface area (Å²) >= 11 is 0. The minimum atomic E-state index is 0. The van der Waals surface area contributed by atoms with Crippen molar-refractivity contribution in [2.45, 2.75) is 25.7 Å². The molecule has 5 heteroatoms. The van der Waals surface area contributed by atoms with Crippen LogP contribution in [0.2, 0.25) is 0 Å². The summed E-state index contributed by atoms with van der Waals surface area (Å²) in [5.41, 5.74) is 0.282. The summed E-state index contributed by atoms with van der Waals surface area (Å²) in [5, 5.41) is 6.42. The first-order valence-corrected chi connectivity index (χ1v) is 6.96. The van der Waals surface area contributed by atoms with Crippen LogP contribution in [0.1, 0.15) is 25.7 Å². The van der Waals surface area contributed by atoms with Crippen LogP contribution in [0.25, 0.3) is 0 Å². The van der Waals surface area contributed by atoms with Crippen LogP contribution in [0.4, 0.5) is 0 Å². The van der Waals surface area contributed by atoms with E-state index in [0.29, 0.717) is 0 Å². The van der Waals surface area contributed by atoms with E-state index < -0.39 is 0 Å². The Morgan fingerprint density at radius 3 is 2.78 bits per heavy atom. The van der Waals surface area contributed by atoms with Gasteiger partial charge in [0.05, 0.1) is 0 Å². The van der Waals surface area contributed by atoms with Gasteiger partial charge in [0.15, 0.2) is 0 Å². The molecule has 1 unspecified atom stereocenters. The van der Waals surface area contributed by atoms with Crippen LogP contribution < -0.4 is 10.6 Å². The van der Waals surface area contributed by atoms with Crippen molar-refractivity contribution in [3.8, 4) is 0 Å². The van der Waals surface area contributed by atoms with E-state index in [1.807, 2.05) is 0 Å². The lowest BCUT2D eigenvalue weighted by Gasteiger charge is -2.28. The first-order chi connectivity index (χ1) is 8.26. The Balaban J connectivity index is 0.00000120. The van der Waals surface area contributed by atoms with Crippen molar-refractivity contribution in [2.24, 2.45) is 11.3 Å². The number of nitrogens with one attached hydrogen (secondary N) is 2. The average molecular weight is 274 g/mol. The van der Waals surface area contributed by atoms with E-state index in [2.05, 4.69) is 15.5 Å². The Bertz CT molecular complexity index is 307. The normalized spacial score (nSPS) is 33.7. The highest BCUT2D eigenvalue weighted by atomic mass is 35.5. The number of halogens is 1. The van der Waals surface area contributed by atoms with Crippen molar-refractivity contribution in [3.05, 3.63) is 0 Å². The van der Waals surface area contributed by atoms with Gasteiger partial charge in [-0.15, -0.1) is 12.4 Å². The van der Waals surface area contributed by atoms with Crippen molar-refractivity contribution < 1.29 is 4.79 Å². The predicted molar refractivity (Wildman–Crippen MR) is 74.0 cm³/mol. The van der Waals surface area contributed by atoms with Gasteiger partial charge in [0.1, 0.15) is 0 Å². The molecule has 0 radical (unpaired) electrons. The third-order valence-corrected chi connectivity index (χ3v) is 4.69. The Morgan fingerprint density at radius 2 is 2.11 bits per heavy atom. The molecule has 3 aliphatic heterocycles. The zero-order valence-corrected chi connectivity index (χ0v) is 11.7. The maximum Gasteiger partial charge on any atom is 0.220 e. The summed E-state index contributed by atoms with van der Waals surface area (Å²) in [6, 6.07) is 0. The van der Waals surface area contributed by atoms with E-state index >= 15 is 0 Å². The van der Waals surface area contributed by atoms with Gasteiger partial charge in [0, 0.05) is 31.5 Å². The summed E-state index contributed by atoms with van der Waals surface area (Å²) in [6.45, 7) is 6.86. The molecule has 18 heavy (non-hydrogen) atoms. The molecule has 2 N–H and O–H groups in total. The van der Waals surface area contributed by atoms with Gasteiger partial charge in [-0.25, -0.2) is 0 Å². The summed E-state index contributed by atoms with van der Waals surface area (Å²) in [4.78, 5) is 14.0. The summed E-state index contributed by atoms with van der Waals surface area (Å²) in [6.07, 6.45) is 4.60. The van der Waals surface area contributed by atoms with Gasteiger partial charge in [-0.3, -0.25) is 4.79 Å². The molecular formula is C13H24ClN3O. The molecule has 0 aromatic rings. The van der Waals surface area contributed by atoms with Gasteiger partial charge in [0.2, 0.25) is 5.91 Å². The zero-order valence-electron chi connectivity index (χ0n) is 10.9. The van der Waals surface area contributed by atoms with Gasteiger partial charge < -0.3 is 15.5 Å². The average Bonchev–Trinajstić information content (AvgIpc) is 2.88. The number of nitrogens with zero attached hydrogens (tertiary/aromatic N) is 1. The molecule has 3 aliphatic rings. The number of likely N-dealkylation sites (tertiary alicyclic amines) is 1. The number of amides is 1.